The molecule has 0 atom stereocenters. The minimum atomic E-state index is -0.481. The Labute approximate surface area is 176 Å². The molecule has 8 heteroatoms. The van der Waals surface area contributed by atoms with Crippen LogP contribution < -0.4 is 15.6 Å². The number of methoxy groups -OCH3 is 1. The molecule has 0 aliphatic carbocycles. The first-order valence-electron chi connectivity index (χ1n) is 9.16. The van der Waals surface area contributed by atoms with Crippen molar-refractivity contribution in [1.82, 2.24) is 15.0 Å². The smallest absolute Gasteiger partial charge is 0.276 e. The number of carbonyl (C=O) groups excluding carboxylic acids is 1. The molecular weight excluding hydrogens is 400 g/mol. The number of thiazole rings is 1. The predicted octanol–water partition coefficient (Wildman–Crippen LogP) is 3.75. The first-order valence-corrected chi connectivity index (χ1v) is 10.0. The number of H-pyrrole nitrogens is 1. The van der Waals surface area contributed by atoms with E-state index in [2.05, 4.69) is 20.3 Å². The van der Waals surface area contributed by atoms with E-state index in [0.717, 1.165) is 22.6 Å². The van der Waals surface area contributed by atoms with Crippen LogP contribution in [0.3, 0.4) is 0 Å². The van der Waals surface area contributed by atoms with Crippen LogP contribution in [0.25, 0.3) is 11.3 Å². The van der Waals surface area contributed by atoms with Crippen molar-refractivity contribution in [1.29, 1.82) is 0 Å². The monoisotopic (exact) mass is 418 g/mol. The molecule has 0 saturated heterocycles. The zero-order chi connectivity index (χ0) is 20.9. The number of nitrogens with one attached hydrogen (secondary N) is 2. The van der Waals surface area contributed by atoms with Gasteiger partial charge < -0.3 is 9.72 Å². The molecule has 4 rings (SSSR count). The summed E-state index contributed by atoms with van der Waals surface area (Å²) in [4.78, 5) is 36.1. The van der Waals surface area contributed by atoms with Crippen molar-refractivity contribution in [3.63, 3.8) is 0 Å². The number of hydrogen-bond acceptors (Lipinski definition) is 6. The molecule has 0 bridgehead atoms. The Hall–Kier alpha value is -3.78. The summed E-state index contributed by atoms with van der Waals surface area (Å²) in [5, 5.41) is 5.03. The first kappa shape index (κ1) is 19.5. The van der Waals surface area contributed by atoms with E-state index >= 15 is 0 Å². The summed E-state index contributed by atoms with van der Waals surface area (Å²) < 4.78 is 5.14. The summed E-state index contributed by atoms with van der Waals surface area (Å²) in [7, 11) is 1.60. The highest BCUT2D eigenvalue weighted by Gasteiger charge is 2.13. The molecule has 2 heterocycles. The SMILES string of the molecule is COc1ccc(Cc2nc(C(=O)Nc3nc(-c4ccccc4)cs3)cc(=O)[nH]2)cc1. The quantitative estimate of drug-likeness (QED) is 0.497. The Balaban J connectivity index is 1.50. The van der Waals surface area contributed by atoms with E-state index in [1.54, 1.807) is 7.11 Å². The number of nitrogens with zero attached hydrogens (tertiary/aromatic N) is 2. The third kappa shape index (κ3) is 4.61. The van der Waals surface area contributed by atoms with Crippen LogP contribution in [0.4, 0.5) is 5.13 Å². The molecule has 2 aromatic carbocycles. The van der Waals surface area contributed by atoms with Gasteiger partial charge in [0.05, 0.1) is 12.8 Å². The molecular formula is C22H18N4O3S. The molecule has 30 heavy (non-hydrogen) atoms. The summed E-state index contributed by atoms with van der Waals surface area (Å²) in [5.41, 5.74) is 2.32. The first-order chi connectivity index (χ1) is 14.6. The van der Waals surface area contributed by atoms with E-state index in [1.165, 1.54) is 17.4 Å². The zero-order valence-corrected chi connectivity index (χ0v) is 16.9. The van der Waals surface area contributed by atoms with Gasteiger partial charge in [-0.3, -0.25) is 14.9 Å². The number of ether oxygens (including phenoxy) is 1. The lowest BCUT2D eigenvalue weighted by Crippen LogP contribution is -2.20. The van der Waals surface area contributed by atoms with Crippen molar-refractivity contribution < 1.29 is 9.53 Å². The van der Waals surface area contributed by atoms with Crippen molar-refractivity contribution in [2.24, 2.45) is 0 Å². The van der Waals surface area contributed by atoms with Gasteiger partial charge in [0.2, 0.25) is 0 Å². The Kier molecular flexibility index (Phi) is 5.67. The number of rotatable bonds is 6. The fourth-order valence-corrected chi connectivity index (χ4v) is 3.59. The normalized spacial score (nSPS) is 10.6. The summed E-state index contributed by atoms with van der Waals surface area (Å²) in [6.07, 6.45) is 0.385. The number of anilines is 1. The van der Waals surface area contributed by atoms with E-state index in [0.29, 0.717) is 17.4 Å². The van der Waals surface area contributed by atoms with Crippen LogP contribution in [0, 0.1) is 0 Å². The number of hydrogen-bond donors (Lipinski definition) is 2. The number of aromatic amines is 1. The van der Waals surface area contributed by atoms with Crippen LogP contribution in [0.15, 0.2) is 70.8 Å². The van der Waals surface area contributed by atoms with Gasteiger partial charge in [-0.25, -0.2) is 9.97 Å². The lowest BCUT2D eigenvalue weighted by molar-refractivity contribution is 0.102. The fraction of sp³-hybridized carbons (Fsp3) is 0.0909. The lowest BCUT2D eigenvalue weighted by Gasteiger charge is -2.06. The maximum Gasteiger partial charge on any atom is 0.276 e. The average Bonchev–Trinajstić information content (AvgIpc) is 3.23. The van der Waals surface area contributed by atoms with Gasteiger partial charge in [0.25, 0.3) is 11.5 Å². The number of amides is 1. The van der Waals surface area contributed by atoms with Gasteiger partial charge in [-0.15, -0.1) is 11.3 Å². The third-order valence-electron chi connectivity index (χ3n) is 4.35. The van der Waals surface area contributed by atoms with Crippen LogP contribution in [-0.4, -0.2) is 28.0 Å². The lowest BCUT2D eigenvalue weighted by atomic mass is 10.1. The second-order valence-corrected chi connectivity index (χ2v) is 7.32. The molecule has 1 amide bonds. The molecule has 0 fully saturated rings. The van der Waals surface area contributed by atoms with Crippen molar-refractivity contribution in [3.05, 3.63) is 93.5 Å². The minimum Gasteiger partial charge on any atom is -0.497 e. The molecule has 0 saturated carbocycles. The molecule has 2 aromatic heterocycles. The molecule has 0 radical (unpaired) electrons. The zero-order valence-electron chi connectivity index (χ0n) is 16.1. The molecule has 0 unspecified atom stereocenters. The molecule has 0 aliphatic rings. The highest BCUT2D eigenvalue weighted by atomic mass is 32.1. The number of aromatic nitrogens is 3. The van der Waals surface area contributed by atoms with Gasteiger partial charge in [-0.2, -0.15) is 0 Å². The van der Waals surface area contributed by atoms with Gasteiger partial charge in [0, 0.05) is 23.4 Å². The van der Waals surface area contributed by atoms with E-state index in [-0.39, 0.29) is 11.3 Å². The molecule has 0 aliphatic heterocycles. The Morgan fingerprint density at radius 3 is 2.60 bits per heavy atom. The van der Waals surface area contributed by atoms with Gasteiger partial charge in [-0.1, -0.05) is 42.5 Å². The maximum atomic E-state index is 12.6. The van der Waals surface area contributed by atoms with Gasteiger partial charge in [0.15, 0.2) is 5.13 Å². The number of benzene rings is 2. The average molecular weight is 418 g/mol. The van der Waals surface area contributed by atoms with Crippen LogP contribution >= 0.6 is 11.3 Å². The van der Waals surface area contributed by atoms with Crippen LogP contribution in [0.5, 0.6) is 5.75 Å². The fourth-order valence-electron chi connectivity index (χ4n) is 2.88. The highest BCUT2D eigenvalue weighted by molar-refractivity contribution is 7.14. The summed E-state index contributed by atoms with van der Waals surface area (Å²) >= 11 is 1.31. The molecule has 2 N–H and O–H groups in total. The van der Waals surface area contributed by atoms with Crippen LogP contribution in [0.2, 0.25) is 0 Å². The summed E-state index contributed by atoms with van der Waals surface area (Å²) in [5.74, 6) is 0.666. The Bertz CT molecular complexity index is 1220. The minimum absolute atomic E-state index is 0.0405. The summed E-state index contributed by atoms with van der Waals surface area (Å²) in [6, 6.07) is 18.3. The largest absolute Gasteiger partial charge is 0.497 e. The van der Waals surface area contributed by atoms with E-state index in [9.17, 15) is 9.59 Å². The second-order valence-electron chi connectivity index (χ2n) is 6.46. The predicted molar refractivity (Wildman–Crippen MR) is 116 cm³/mol. The van der Waals surface area contributed by atoms with E-state index < -0.39 is 5.91 Å². The molecule has 0 spiro atoms. The van der Waals surface area contributed by atoms with Crippen molar-refractivity contribution in [2.45, 2.75) is 6.42 Å². The van der Waals surface area contributed by atoms with Crippen LogP contribution in [0.1, 0.15) is 21.9 Å². The standard InChI is InChI=1S/C22H18N4O3S/c1-29-16-9-7-14(8-10-16)11-19-23-17(12-20(27)25-19)21(28)26-22-24-18(13-30-22)15-5-3-2-4-6-15/h2-10,12-13H,11H2,1H3,(H,23,25,27)(H,24,26,28). The third-order valence-corrected chi connectivity index (χ3v) is 5.11. The Morgan fingerprint density at radius 1 is 1.10 bits per heavy atom. The van der Waals surface area contributed by atoms with Crippen LogP contribution in [-0.2, 0) is 6.42 Å². The van der Waals surface area contributed by atoms with E-state index in [4.69, 9.17) is 4.74 Å². The number of carbonyl (C=O) groups is 1. The van der Waals surface area contributed by atoms with Crippen molar-refractivity contribution in [3.8, 4) is 17.0 Å². The Morgan fingerprint density at radius 2 is 1.87 bits per heavy atom. The molecule has 4 aromatic rings. The van der Waals surface area contributed by atoms with Crippen molar-refractivity contribution in [2.75, 3.05) is 12.4 Å². The highest BCUT2D eigenvalue weighted by Crippen LogP contribution is 2.24. The maximum absolute atomic E-state index is 12.6. The van der Waals surface area contributed by atoms with Gasteiger partial charge in [0.1, 0.15) is 17.3 Å². The molecule has 7 nitrogen and oxygen atoms in total. The van der Waals surface area contributed by atoms with Gasteiger partial charge in [-0.05, 0) is 17.7 Å². The summed E-state index contributed by atoms with van der Waals surface area (Å²) in [6.45, 7) is 0. The van der Waals surface area contributed by atoms with Gasteiger partial charge >= 0.3 is 0 Å². The second kappa shape index (κ2) is 8.71. The van der Waals surface area contributed by atoms with E-state index in [1.807, 2.05) is 60.0 Å². The topological polar surface area (TPSA) is 97.0 Å². The van der Waals surface area contributed by atoms with Crippen molar-refractivity contribution >= 4 is 22.4 Å². The molecule has 150 valence electrons.